The van der Waals surface area contributed by atoms with E-state index < -0.39 is 84.3 Å². The average molecular weight is 1190 g/mol. The predicted molar refractivity (Wildman–Crippen MR) is 315 cm³/mol. The normalized spacial score (nSPS) is 12.6. The van der Waals surface area contributed by atoms with Crippen molar-refractivity contribution in [2.75, 3.05) is 10.6 Å². The van der Waals surface area contributed by atoms with Crippen LogP contribution in [0.15, 0.2) is 158 Å². The topological polar surface area (TPSA) is 229 Å². The van der Waals surface area contributed by atoms with E-state index in [4.69, 9.17) is 0 Å². The molecule has 2 aromatic heterocycles. The first-order valence-corrected chi connectivity index (χ1v) is 27.5. The molecule has 2 amide bonds. The Morgan fingerprint density at radius 1 is 0.447 bits per heavy atom. The Labute approximate surface area is 520 Å². The molecule has 6 N–H and O–H groups in total. The molecule has 0 saturated heterocycles. The number of nitrogens with one attached hydrogen (secondary N) is 2. The number of para-hydroxylation sites is 2. The average Bonchev–Trinajstić information content (AvgIpc) is 1.71. The van der Waals surface area contributed by atoms with E-state index in [2.05, 4.69) is 10.6 Å². The van der Waals surface area contributed by atoms with E-state index >= 15 is 0 Å². The summed E-state index contributed by atoms with van der Waals surface area (Å²) in [5.41, 5.74) is 6.87. The van der Waals surface area contributed by atoms with Crippen molar-refractivity contribution < 1.29 is 67.4 Å². The molecule has 8 aromatic rings. The van der Waals surface area contributed by atoms with Gasteiger partial charge in [0.15, 0.2) is 0 Å². The fourth-order valence-corrected chi connectivity index (χ4v) is 10.5. The largest absolute Gasteiger partial charge is 2.00 e. The number of benzene rings is 6. The zero-order valence-corrected chi connectivity index (χ0v) is 49.7. The van der Waals surface area contributed by atoms with Crippen LogP contribution in [0.25, 0.3) is 44.8 Å². The van der Waals surface area contributed by atoms with Crippen LogP contribution in [-0.4, -0.2) is 115 Å². The van der Waals surface area contributed by atoms with Crippen molar-refractivity contribution in [3.63, 3.8) is 0 Å². The summed E-state index contributed by atoms with van der Waals surface area (Å²) in [6.45, 7) is 8.02. The van der Waals surface area contributed by atoms with Crippen LogP contribution in [-0.2, 0) is 22.7 Å². The number of carboxylic acids is 2. The number of aliphatic carboxylic acids is 2. The van der Waals surface area contributed by atoms with E-state index in [1.165, 1.54) is 60.7 Å². The smallest absolute Gasteiger partial charge is 0.550 e. The minimum absolute atomic E-state index is 0. The molecule has 0 spiro atoms. The number of nitrogens with zero attached hydrogens (tertiary/aromatic N) is 2. The monoisotopic (exact) mass is 1190 g/mol. The fraction of sp³-hybridized carbons (Fsp3) is 0.273. The van der Waals surface area contributed by atoms with Gasteiger partial charge < -0.3 is 60.0 Å². The van der Waals surface area contributed by atoms with Crippen LogP contribution in [0.2, 0.25) is 0 Å². The van der Waals surface area contributed by atoms with Gasteiger partial charge in [0.1, 0.15) is 23.3 Å². The van der Waals surface area contributed by atoms with Gasteiger partial charge in [-0.1, -0.05) is 113 Å². The van der Waals surface area contributed by atoms with Crippen LogP contribution in [0, 0.1) is 23.3 Å². The number of anilines is 2. The molecule has 0 unspecified atom stereocenters. The van der Waals surface area contributed by atoms with Gasteiger partial charge in [-0.25, -0.2) is 17.6 Å². The third-order valence-corrected chi connectivity index (χ3v) is 14.0. The van der Waals surface area contributed by atoms with Gasteiger partial charge in [0, 0.05) is 60.4 Å². The standard InChI is InChI=1S/2C33H34F2N2O5.Ca/c2*1-20(2)31-30(33(42)36-27-11-7-6-10-26(27)35)29(21-8-4-3-5-9-21)32(22-12-14-23(34)15-13-22)37(31)17-16-24(38)18-25(39)19-28(40)41;/h2*3-15,20,24-25,38-39H,16-19H2,1-2H3,(H,36,42)(H,40,41);/q;;+2/p-2/t2*24-,25-;/m11./s1. The molecule has 0 saturated carbocycles. The number of amides is 2. The maximum Gasteiger partial charge on any atom is 2.00 e. The van der Waals surface area contributed by atoms with Crippen molar-refractivity contribution in [2.24, 2.45) is 0 Å². The van der Waals surface area contributed by atoms with Gasteiger partial charge in [-0.3, -0.25) is 9.59 Å². The summed E-state index contributed by atoms with van der Waals surface area (Å²) in [6.07, 6.45) is -5.99. The van der Waals surface area contributed by atoms with Crippen LogP contribution in [0.3, 0.4) is 0 Å². The second-order valence-corrected chi connectivity index (χ2v) is 21.0. The molecular weight excluding hydrogens is 1120 g/mol. The van der Waals surface area contributed by atoms with Crippen LogP contribution in [0.1, 0.15) is 110 Å². The van der Waals surface area contributed by atoms with E-state index in [1.807, 2.05) is 97.5 Å². The summed E-state index contributed by atoms with van der Waals surface area (Å²) in [6, 6.07) is 41.8. The Balaban J connectivity index is 0.000000269. The maximum absolute atomic E-state index is 14.6. The van der Waals surface area contributed by atoms with Crippen LogP contribution in [0.4, 0.5) is 28.9 Å². The van der Waals surface area contributed by atoms with E-state index in [9.17, 15) is 67.4 Å². The Bertz CT molecular complexity index is 3310. The first-order chi connectivity index (χ1) is 40.1. The Kier molecular flexibility index (Phi) is 24.4. The van der Waals surface area contributed by atoms with Gasteiger partial charge >= 0.3 is 37.7 Å². The molecule has 0 aliphatic carbocycles. The molecule has 440 valence electrons. The number of carboxylic acid groups (broad SMARTS) is 2. The molecule has 6 aromatic carbocycles. The van der Waals surface area contributed by atoms with Gasteiger partial charge in [0.2, 0.25) is 0 Å². The number of rotatable bonds is 24. The molecule has 85 heavy (non-hydrogen) atoms. The maximum atomic E-state index is 14.6. The van der Waals surface area contributed by atoms with Crippen molar-refractivity contribution in [1.82, 2.24) is 9.13 Å². The van der Waals surface area contributed by atoms with Crippen molar-refractivity contribution in [1.29, 1.82) is 0 Å². The van der Waals surface area contributed by atoms with Crippen LogP contribution < -0.4 is 20.8 Å². The van der Waals surface area contributed by atoms with Gasteiger partial charge in [0.05, 0.1) is 58.3 Å². The number of hydrogen-bond acceptors (Lipinski definition) is 10. The van der Waals surface area contributed by atoms with Gasteiger partial charge in [-0.15, -0.1) is 0 Å². The second-order valence-electron chi connectivity index (χ2n) is 21.0. The summed E-state index contributed by atoms with van der Waals surface area (Å²) in [4.78, 5) is 49.8. The Morgan fingerprint density at radius 3 is 1.07 bits per heavy atom. The van der Waals surface area contributed by atoms with E-state index in [0.717, 1.165) is 0 Å². The molecular formula is C66H66CaF4N4O10. The third-order valence-electron chi connectivity index (χ3n) is 14.0. The number of aliphatic hydroxyl groups is 4. The summed E-state index contributed by atoms with van der Waals surface area (Å²) in [7, 11) is 0. The minimum Gasteiger partial charge on any atom is -0.550 e. The van der Waals surface area contributed by atoms with Crippen molar-refractivity contribution in [2.45, 2.75) is 116 Å². The van der Waals surface area contributed by atoms with Crippen LogP contribution >= 0.6 is 0 Å². The second kappa shape index (κ2) is 31.1. The molecule has 0 radical (unpaired) electrons. The molecule has 14 nitrogen and oxygen atoms in total. The first-order valence-electron chi connectivity index (χ1n) is 27.5. The molecule has 4 atom stereocenters. The van der Waals surface area contributed by atoms with Crippen molar-refractivity contribution in [3.05, 3.63) is 204 Å². The van der Waals surface area contributed by atoms with Gasteiger partial charge in [0.25, 0.3) is 11.8 Å². The fourth-order valence-electron chi connectivity index (χ4n) is 10.5. The summed E-state index contributed by atoms with van der Waals surface area (Å²) < 4.78 is 61.0. The molecule has 8 rings (SSSR count). The van der Waals surface area contributed by atoms with Gasteiger partial charge in [-0.05, 0) is 133 Å². The minimum atomic E-state index is -1.42. The quantitative estimate of drug-likeness (QED) is 0.0248. The summed E-state index contributed by atoms with van der Waals surface area (Å²) in [5.74, 6) is -6.38. The zero-order chi connectivity index (χ0) is 60.8. The van der Waals surface area contributed by atoms with E-state index in [-0.39, 0.29) is 99.7 Å². The molecule has 0 aliphatic heterocycles. The molecule has 0 aliphatic rings. The molecule has 0 fully saturated rings. The number of aromatic nitrogens is 2. The number of carbonyl (C=O) groups excluding carboxylic acids is 4. The summed E-state index contributed by atoms with van der Waals surface area (Å²) in [5, 5.41) is 68.6. The van der Waals surface area contributed by atoms with E-state index in [0.29, 0.717) is 67.3 Å². The molecule has 19 heteroatoms. The molecule has 2 heterocycles. The van der Waals surface area contributed by atoms with Crippen molar-refractivity contribution in [3.8, 4) is 44.8 Å². The third kappa shape index (κ3) is 17.4. The number of halogens is 4. The van der Waals surface area contributed by atoms with Crippen LogP contribution in [0.5, 0.6) is 0 Å². The number of carbonyl (C=O) groups is 4. The number of hydrogen-bond donors (Lipinski definition) is 6. The van der Waals surface area contributed by atoms with Crippen molar-refractivity contribution >= 4 is 72.9 Å². The number of aliphatic hydroxyl groups excluding tert-OH is 4. The zero-order valence-electron chi connectivity index (χ0n) is 47.5. The summed E-state index contributed by atoms with van der Waals surface area (Å²) >= 11 is 0. The predicted octanol–water partition coefficient (Wildman–Crippen LogP) is 9.86. The molecule has 0 bridgehead atoms. The SMILES string of the molecule is CC(C)c1c(C(=O)Nc2ccccc2F)c(-c2ccccc2)c(-c2ccc(F)cc2)n1CC[C@@H](O)C[C@@H](O)CC(=O)[O-].CC(C)c1c(C(=O)Nc2ccccc2F)c(-c2ccccc2)c(-c2ccc(F)cc2)n1CC[C@@H](O)C[C@@H](O)CC(=O)[O-].[Ca+2]. The Morgan fingerprint density at radius 2 is 0.765 bits per heavy atom. The first kappa shape index (κ1) is 66.7. The van der Waals surface area contributed by atoms with E-state index in [1.54, 1.807) is 36.4 Å². The Hall–Kier alpha value is -7.42. The van der Waals surface area contributed by atoms with Gasteiger partial charge in [-0.2, -0.15) is 0 Å².